The zero-order valence-electron chi connectivity index (χ0n) is 14.9. The normalized spacial score (nSPS) is 12.5. The van der Waals surface area contributed by atoms with Crippen LogP contribution in [-0.2, 0) is 0 Å². The summed E-state index contributed by atoms with van der Waals surface area (Å²) in [5.74, 6) is 0.944. The van der Waals surface area contributed by atoms with Crippen LogP contribution < -0.4 is 4.74 Å². The number of para-hydroxylation sites is 1. The van der Waals surface area contributed by atoms with Gasteiger partial charge in [0.15, 0.2) is 11.6 Å². The fourth-order valence-corrected chi connectivity index (χ4v) is 2.65. The topological polar surface area (TPSA) is 43.4 Å². The first-order chi connectivity index (χ1) is 13.2. The number of fused-ring (bicyclic) bond motifs is 1. The summed E-state index contributed by atoms with van der Waals surface area (Å²) in [6, 6.07) is 26.4. The summed E-state index contributed by atoms with van der Waals surface area (Å²) in [5.41, 5.74) is 2.47. The summed E-state index contributed by atoms with van der Waals surface area (Å²) in [7, 11) is 0. The van der Waals surface area contributed by atoms with E-state index in [4.69, 9.17) is 4.74 Å². The fraction of sp³-hybridized carbons (Fsp3) is 0.0833. The Morgan fingerprint density at radius 3 is 2.15 bits per heavy atom. The number of ketones is 2. The third-order valence-electron chi connectivity index (χ3n) is 4.06. The molecule has 0 aliphatic carbocycles. The van der Waals surface area contributed by atoms with Crippen molar-refractivity contribution in [3.8, 4) is 5.75 Å². The molecule has 0 amide bonds. The van der Waals surface area contributed by atoms with Gasteiger partial charge in [-0.3, -0.25) is 9.59 Å². The number of hydrogen-bond acceptors (Lipinski definition) is 3. The van der Waals surface area contributed by atoms with E-state index in [0.29, 0.717) is 13.0 Å². The number of rotatable bonds is 3. The number of allylic oxidation sites excluding steroid dienone is 1. The van der Waals surface area contributed by atoms with Gasteiger partial charge >= 0.3 is 0 Å². The van der Waals surface area contributed by atoms with Crippen LogP contribution in [0.4, 0.5) is 0 Å². The quantitative estimate of drug-likeness (QED) is 0.476. The van der Waals surface area contributed by atoms with E-state index in [2.05, 4.69) is 0 Å². The van der Waals surface area contributed by atoms with E-state index in [1.165, 1.54) is 0 Å². The van der Waals surface area contributed by atoms with Crippen molar-refractivity contribution in [1.82, 2.24) is 0 Å². The van der Waals surface area contributed by atoms with Crippen molar-refractivity contribution in [2.45, 2.75) is 6.42 Å². The summed E-state index contributed by atoms with van der Waals surface area (Å²) < 4.78 is 5.27. The summed E-state index contributed by atoms with van der Waals surface area (Å²) in [5, 5.41) is 0. The van der Waals surface area contributed by atoms with E-state index in [9.17, 15) is 9.59 Å². The summed E-state index contributed by atoms with van der Waals surface area (Å²) >= 11 is 0. The van der Waals surface area contributed by atoms with Gasteiger partial charge in [0.2, 0.25) is 0 Å². The highest BCUT2D eigenvalue weighted by atomic mass is 16.5. The Hall–Kier alpha value is -3.46. The van der Waals surface area contributed by atoms with Gasteiger partial charge in [-0.15, -0.1) is 0 Å². The maximum absolute atomic E-state index is 11.7. The van der Waals surface area contributed by atoms with Gasteiger partial charge in [-0.25, -0.2) is 0 Å². The number of carbonyl (C=O) groups excluding carboxylic acids is 2. The third kappa shape index (κ3) is 5.25. The van der Waals surface area contributed by atoms with Gasteiger partial charge < -0.3 is 4.74 Å². The van der Waals surface area contributed by atoms with Crippen molar-refractivity contribution < 1.29 is 14.3 Å². The average molecular weight is 356 g/mol. The Morgan fingerprint density at radius 2 is 1.44 bits per heavy atom. The largest absolute Gasteiger partial charge is 0.492 e. The smallest absolute Gasteiger partial charge is 0.185 e. The predicted octanol–water partition coefficient (Wildman–Crippen LogP) is 5.23. The van der Waals surface area contributed by atoms with Crippen molar-refractivity contribution in [1.29, 1.82) is 0 Å². The lowest BCUT2D eigenvalue weighted by molar-refractivity contribution is 0.0933. The van der Waals surface area contributed by atoms with Crippen molar-refractivity contribution in [3.05, 3.63) is 108 Å². The first-order valence-electron chi connectivity index (χ1n) is 8.81. The monoisotopic (exact) mass is 356 g/mol. The number of ether oxygens (including phenoxy) is 1. The van der Waals surface area contributed by atoms with Crippen LogP contribution in [0.1, 0.15) is 32.7 Å². The second-order valence-corrected chi connectivity index (χ2v) is 5.99. The van der Waals surface area contributed by atoms with Crippen molar-refractivity contribution in [2.75, 3.05) is 6.61 Å². The maximum Gasteiger partial charge on any atom is 0.185 e. The summed E-state index contributed by atoms with van der Waals surface area (Å²) in [6.45, 7) is 0.524. The van der Waals surface area contributed by atoms with Crippen molar-refractivity contribution in [3.63, 3.8) is 0 Å². The zero-order valence-corrected chi connectivity index (χ0v) is 14.9. The molecule has 3 aromatic carbocycles. The highest BCUT2D eigenvalue weighted by Crippen LogP contribution is 2.23. The second kappa shape index (κ2) is 9.30. The first-order valence-corrected chi connectivity index (χ1v) is 8.81. The second-order valence-electron chi connectivity index (χ2n) is 5.99. The van der Waals surface area contributed by atoms with Crippen LogP contribution >= 0.6 is 0 Å². The summed E-state index contributed by atoms with van der Waals surface area (Å²) in [4.78, 5) is 22.9. The molecule has 1 aliphatic rings. The summed E-state index contributed by atoms with van der Waals surface area (Å²) in [6.07, 6.45) is 3.94. The molecule has 0 N–H and O–H groups in total. The van der Waals surface area contributed by atoms with E-state index in [1.807, 2.05) is 84.9 Å². The van der Waals surface area contributed by atoms with E-state index in [0.717, 1.165) is 22.4 Å². The minimum Gasteiger partial charge on any atom is -0.492 e. The van der Waals surface area contributed by atoms with Crippen LogP contribution in [0.5, 0.6) is 5.75 Å². The molecule has 4 rings (SSSR count). The Labute approximate surface area is 158 Å². The highest BCUT2D eigenvalue weighted by Gasteiger charge is 2.16. The number of benzene rings is 3. The molecule has 1 aliphatic heterocycles. The lowest BCUT2D eigenvalue weighted by Crippen LogP contribution is -2.14. The molecule has 3 aromatic rings. The molecule has 0 atom stereocenters. The SMILES string of the molecule is O=C(C=Cc1ccccc1)c1ccccc1.O=C1CCOc2ccccc21. The number of Topliss-reactive ketones (excluding diaryl/α,β-unsaturated/α-hetero) is 1. The Balaban J connectivity index is 0.000000166. The van der Waals surface area contributed by atoms with E-state index in [-0.39, 0.29) is 11.6 Å². The molecule has 27 heavy (non-hydrogen) atoms. The molecule has 0 fully saturated rings. The van der Waals surface area contributed by atoms with Gasteiger partial charge in [0.05, 0.1) is 12.2 Å². The van der Waals surface area contributed by atoms with Crippen molar-refractivity contribution in [2.24, 2.45) is 0 Å². The predicted molar refractivity (Wildman–Crippen MR) is 107 cm³/mol. The lowest BCUT2D eigenvalue weighted by Gasteiger charge is -2.14. The Kier molecular flexibility index (Phi) is 6.31. The Morgan fingerprint density at radius 1 is 0.815 bits per heavy atom. The molecule has 0 saturated heterocycles. The number of hydrogen-bond donors (Lipinski definition) is 0. The zero-order chi connectivity index (χ0) is 18.9. The minimum absolute atomic E-state index is 0.0319. The molecule has 134 valence electrons. The van der Waals surface area contributed by atoms with Gasteiger partial charge in [0, 0.05) is 12.0 Å². The molecule has 0 bridgehead atoms. The molecule has 0 saturated carbocycles. The third-order valence-corrected chi connectivity index (χ3v) is 4.06. The molecular formula is C24H20O3. The van der Waals surface area contributed by atoms with Gasteiger partial charge in [-0.05, 0) is 23.8 Å². The van der Waals surface area contributed by atoms with Gasteiger partial charge in [0.1, 0.15) is 5.75 Å². The van der Waals surface area contributed by atoms with Crippen LogP contribution in [0.15, 0.2) is 91.0 Å². The minimum atomic E-state index is 0.0319. The maximum atomic E-state index is 11.7. The molecule has 0 aromatic heterocycles. The molecule has 0 unspecified atom stereocenters. The van der Waals surface area contributed by atoms with E-state index >= 15 is 0 Å². The van der Waals surface area contributed by atoms with Crippen molar-refractivity contribution >= 4 is 17.6 Å². The fourth-order valence-electron chi connectivity index (χ4n) is 2.65. The molecule has 0 spiro atoms. The average Bonchev–Trinajstić information content (AvgIpc) is 2.74. The van der Waals surface area contributed by atoms with Crippen LogP contribution in [0.25, 0.3) is 6.08 Å². The van der Waals surface area contributed by atoms with Gasteiger partial charge in [-0.1, -0.05) is 78.9 Å². The van der Waals surface area contributed by atoms with E-state index < -0.39 is 0 Å². The lowest BCUT2D eigenvalue weighted by atomic mass is 10.1. The van der Waals surface area contributed by atoms with Crippen LogP contribution in [-0.4, -0.2) is 18.2 Å². The molecule has 3 nitrogen and oxygen atoms in total. The van der Waals surface area contributed by atoms with Gasteiger partial charge in [-0.2, -0.15) is 0 Å². The first kappa shape index (κ1) is 18.3. The van der Waals surface area contributed by atoms with Crippen LogP contribution in [0, 0.1) is 0 Å². The molecule has 3 heteroatoms. The van der Waals surface area contributed by atoms with Gasteiger partial charge in [0.25, 0.3) is 0 Å². The molecular weight excluding hydrogens is 336 g/mol. The molecule has 0 radical (unpaired) electrons. The van der Waals surface area contributed by atoms with Crippen LogP contribution in [0.3, 0.4) is 0 Å². The standard InChI is InChI=1S/C15H12O.C9H8O2/c16-15(14-9-5-2-6-10-14)12-11-13-7-3-1-4-8-13;10-8-5-6-11-9-4-2-1-3-7(8)9/h1-12H;1-4H,5-6H2. The Bertz CT molecular complexity index is 928. The number of carbonyl (C=O) groups is 2. The van der Waals surface area contributed by atoms with Crippen LogP contribution in [0.2, 0.25) is 0 Å². The highest BCUT2D eigenvalue weighted by molar-refractivity contribution is 6.06. The van der Waals surface area contributed by atoms with E-state index in [1.54, 1.807) is 12.1 Å². The molecule has 1 heterocycles.